The van der Waals surface area contributed by atoms with Gasteiger partial charge in [0.2, 0.25) is 5.95 Å². The van der Waals surface area contributed by atoms with E-state index in [1.165, 1.54) is 6.20 Å². The molecule has 0 aliphatic rings. The molecule has 0 aliphatic heterocycles. The molecule has 1 aromatic heterocycles. The molecule has 1 heterocycles. The molecule has 0 aromatic carbocycles. The minimum atomic E-state index is -0.00949. The van der Waals surface area contributed by atoms with Crippen molar-refractivity contribution in [1.29, 1.82) is 0 Å². The van der Waals surface area contributed by atoms with Crippen molar-refractivity contribution in [2.75, 3.05) is 11.1 Å². The zero-order valence-corrected chi connectivity index (χ0v) is 10.1. The monoisotopic (exact) mass is 228 g/mol. The van der Waals surface area contributed by atoms with E-state index in [0.29, 0.717) is 10.8 Å². The van der Waals surface area contributed by atoms with Crippen LogP contribution in [0.3, 0.4) is 0 Å². The zero-order chi connectivity index (χ0) is 11.5. The lowest BCUT2D eigenvalue weighted by molar-refractivity contribution is 0.477. The summed E-state index contributed by atoms with van der Waals surface area (Å²) < 4.78 is 0. The summed E-state index contributed by atoms with van der Waals surface area (Å²) in [7, 11) is 0. The Morgan fingerprint density at radius 1 is 1.47 bits per heavy atom. The van der Waals surface area contributed by atoms with Gasteiger partial charge in [-0.25, -0.2) is 4.98 Å². The van der Waals surface area contributed by atoms with Crippen LogP contribution in [-0.2, 0) is 0 Å². The fraction of sp³-hybridized carbons (Fsp3) is 0.600. The minimum absolute atomic E-state index is 0.00949. The Kier molecular flexibility index (Phi) is 3.74. The number of anilines is 2. The summed E-state index contributed by atoms with van der Waals surface area (Å²) >= 11 is 5.97. The summed E-state index contributed by atoms with van der Waals surface area (Å²) in [6.45, 7) is 6.37. The molecule has 4 nitrogen and oxygen atoms in total. The predicted molar refractivity (Wildman–Crippen MR) is 64.1 cm³/mol. The summed E-state index contributed by atoms with van der Waals surface area (Å²) in [5, 5.41) is 3.80. The molecular formula is C10H17ClN4. The van der Waals surface area contributed by atoms with Gasteiger partial charge in [0, 0.05) is 5.54 Å². The molecule has 0 radical (unpaired) electrons. The van der Waals surface area contributed by atoms with Crippen LogP contribution >= 0.6 is 11.6 Å². The Bertz CT molecular complexity index is 336. The van der Waals surface area contributed by atoms with Crippen LogP contribution < -0.4 is 11.1 Å². The summed E-state index contributed by atoms with van der Waals surface area (Å²) in [5.74, 6) is 0.840. The van der Waals surface area contributed by atoms with Gasteiger partial charge < -0.3 is 11.1 Å². The second-order valence-electron chi connectivity index (χ2n) is 3.82. The van der Waals surface area contributed by atoms with Crippen molar-refractivity contribution in [2.45, 2.75) is 39.2 Å². The van der Waals surface area contributed by atoms with Crippen LogP contribution in [-0.4, -0.2) is 15.5 Å². The topological polar surface area (TPSA) is 63.8 Å². The van der Waals surface area contributed by atoms with Crippen LogP contribution in [0.25, 0.3) is 0 Å². The number of aromatic nitrogens is 2. The summed E-state index contributed by atoms with van der Waals surface area (Å²) in [4.78, 5) is 7.89. The molecule has 0 aliphatic carbocycles. The smallest absolute Gasteiger partial charge is 0.222 e. The number of halogens is 1. The standard InChI is InChI=1S/C10H17ClN4/c1-4-10(3,5-2)15-8-7(11)6-13-9(12)14-8/h6H,4-5H2,1-3H3,(H3,12,13,14,15). The van der Waals surface area contributed by atoms with Crippen molar-refractivity contribution in [2.24, 2.45) is 0 Å². The highest BCUT2D eigenvalue weighted by atomic mass is 35.5. The average Bonchev–Trinajstić information content (AvgIpc) is 2.23. The van der Waals surface area contributed by atoms with Crippen molar-refractivity contribution < 1.29 is 0 Å². The number of hydrogen-bond donors (Lipinski definition) is 2. The third-order valence-electron chi connectivity index (χ3n) is 2.74. The van der Waals surface area contributed by atoms with E-state index in [1.807, 2.05) is 0 Å². The Morgan fingerprint density at radius 2 is 2.07 bits per heavy atom. The first kappa shape index (κ1) is 12.0. The van der Waals surface area contributed by atoms with E-state index >= 15 is 0 Å². The van der Waals surface area contributed by atoms with E-state index in [2.05, 4.69) is 36.1 Å². The SMILES string of the molecule is CCC(C)(CC)Nc1nc(N)ncc1Cl. The van der Waals surface area contributed by atoms with Gasteiger partial charge >= 0.3 is 0 Å². The maximum atomic E-state index is 5.97. The van der Waals surface area contributed by atoms with E-state index in [0.717, 1.165) is 12.8 Å². The van der Waals surface area contributed by atoms with E-state index < -0.39 is 0 Å². The molecule has 0 saturated carbocycles. The van der Waals surface area contributed by atoms with Gasteiger partial charge in [-0.15, -0.1) is 0 Å². The normalized spacial score (nSPS) is 11.5. The fourth-order valence-corrected chi connectivity index (χ4v) is 1.32. The Morgan fingerprint density at radius 3 is 2.60 bits per heavy atom. The van der Waals surface area contributed by atoms with Crippen LogP contribution in [0.5, 0.6) is 0 Å². The largest absolute Gasteiger partial charge is 0.368 e. The molecule has 1 rings (SSSR count). The molecule has 0 unspecified atom stereocenters. The first-order valence-electron chi connectivity index (χ1n) is 5.07. The Hall–Kier alpha value is -1.03. The molecule has 0 bridgehead atoms. The molecule has 0 fully saturated rings. The first-order valence-corrected chi connectivity index (χ1v) is 5.44. The molecular weight excluding hydrogens is 212 g/mol. The maximum Gasteiger partial charge on any atom is 0.222 e. The average molecular weight is 229 g/mol. The van der Waals surface area contributed by atoms with Gasteiger partial charge in [-0.1, -0.05) is 25.4 Å². The molecule has 0 amide bonds. The summed E-state index contributed by atoms with van der Waals surface area (Å²) in [6, 6.07) is 0. The second kappa shape index (κ2) is 4.66. The number of nitrogens with one attached hydrogen (secondary N) is 1. The molecule has 3 N–H and O–H groups in total. The van der Waals surface area contributed by atoms with Crippen molar-refractivity contribution in [3.8, 4) is 0 Å². The van der Waals surface area contributed by atoms with Crippen LogP contribution in [0.1, 0.15) is 33.6 Å². The van der Waals surface area contributed by atoms with Crippen molar-refractivity contribution in [1.82, 2.24) is 9.97 Å². The lowest BCUT2D eigenvalue weighted by Gasteiger charge is -2.29. The molecule has 15 heavy (non-hydrogen) atoms. The Labute approximate surface area is 95.3 Å². The van der Waals surface area contributed by atoms with Crippen molar-refractivity contribution in [3.05, 3.63) is 11.2 Å². The van der Waals surface area contributed by atoms with E-state index in [9.17, 15) is 0 Å². The number of nitrogen functional groups attached to an aromatic ring is 1. The first-order chi connectivity index (χ1) is 7.00. The van der Waals surface area contributed by atoms with Gasteiger partial charge in [-0.05, 0) is 19.8 Å². The van der Waals surface area contributed by atoms with Crippen LogP contribution in [0.4, 0.5) is 11.8 Å². The minimum Gasteiger partial charge on any atom is -0.368 e. The third-order valence-corrected chi connectivity index (χ3v) is 3.02. The van der Waals surface area contributed by atoms with Crippen LogP contribution in [0.2, 0.25) is 5.02 Å². The molecule has 1 aromatic rings. The fourth-order valence-electron chi connectivity index (χ4n) is 1.18. The van der Waals surface area contributed by atoms with E-state index in [4.69, 9.17) is 17.3 Å². The van der Waals surface area contributed by atoms with Gasteiger partial charge in [0.1, 0.15) is 5.02 Å². The van der Waals surface area contributed by atoms with Crippen LogP contribution in [0.15, 0.2) is 6.20 Å². The number of nitrogens with two attached hydrogens (primary N) is 1. The molecule has 0 atom stereocenters. The van der Waals surface area contributed by atoms with Crippen LogP contribution in [0, 0.1) is 0 Å². The second-order valence-corrected chi connectivity index (χ2v) is 4.22. The van der Waals surface area contributed by atoms with Gasteiger partial charge in [0.15, 0.2) is 5.82 Å². The molecule has 84 valence electrons. The van der Waals surface area contributed by atoms with Crippen molar-refractivity contribution in [3.63, 3.8) is 0 Å². The van der Waals surface area contributed by atoms with Gasteiger partial charge in [-0.3, -0.25) is 0 Å². The highest BCUT2D eigenvalue weighted by molar-refractivity contribution is 6.32. The van der Waals surface area contributed by atoms with Gasteiger partial charge in [0.05, 0.1) is 6.20 Å². The molecule has 0 spiro atoms. The quantitative estimate of drug-likeness (QED) is 0.832. The van der Waals surface area contributed by atoms with Crippen molar-refractivity contribution >= 4 is 23.4 Å². The highest BCUT2D eigenvalue weighted by Crippen LogP contribution is 2.25. The Balaban J connectivity index is 2.92. The molecule has 0 saturated heterocycles. The maximum absolute atomic E-state index is 5.97. The van der Waals surface area contributed by atoms with Gasteiger partial charge in [0.25, 0.3) is 0 Å². The number of nitrogens with zero attached hydrogens (tertiary/aromatic N) is 2. The highest BCUT2D eigenvalue weighted by Gasteiger charge is 2.20. The molecule has 5 heteroatoms. The summed E-state index contributed by atoms with van der Waals surface area (Å²) in [5.41, 5.74) is 5.50. The predicted octanol–water partition coefficient (Wildman–Crippen LogP) is 2.70. The number of hydrogen-bond acceptors (Lipinski definition) is 4. The lowest BCUT2D eigenvalue weighted by Crippen LogP contribution is -2.33. The number of rotatable bonds is 4. The van der Waals surface area contributed by atoms with E-state index in [-0.39, 0.29) is 11.5 Å². The third kappa shape index (κ3) is 2.96. The summed E-state index contributed by atoms with van der Waals surface area (Å²) in [6.07, 6.45) is 3.49. The van der Waals surface area contributed by atoms with E-state index in [1.54, 1.807) is 0 Å². The lowest BCUT2D eigenvalue weighted by atomic mass is 9.96. The van der Waals surface area contributed by atoms with Gasteiger partial charge in [-0.2, -0.15) is 4.98 Å². The zero-order valence-electron chi connectivity index (χ0n) is 9.34.